The van der Waals surface area contributed by atoms with Crippen molar-refractivity contribution in [3.63, 3.8) is 0 Å². The summed E-state index contributed by atoms with van der Waals surface area (Å²) < 4.78 is 54.0. The summed E-state index contributed by atoms with van der Waals surface area (Å²) in [6.07, 6.45) is 25.4. The highest BCUT2D eigenvalue weighted by molar-refractivity contribution is 7.85. The topological polar surface area (TPSA) is 186 Å². The van der Waals surface area contributed by atoms with Crippen LogP contribution in [0.4, 0.5) is 0 Å². The molecule has 0 saturated carbocycles. The van der Waals surface area contributed by atoms with E-state index in [1.54, 1.807) is 0 Å². The molecule has 0 aliphatic carbocycles. The summed E-state index contributed by atoms with van der Waals surface area (Å²) in [5.74, 6) is -1.98. The number of carbonyl (C=O) groups excluding carboxylic acids is 2. The number of unbranched alkanes of at least 4 members (excludes halogenated alkanes) is 23. The number of ether oxygens (including phenoxy) is 4. The highest BCUT2D eigenvalue weighted by Gasteiger charge is 2.46. The molecule has 1 rings (SSSR count). The zero-order chi connectivity index (χ0) is 41.3. The summed E-state index contributed by atoms with van der Waals surface area (Å²) in [6, 6.07) is 0. The smallest absolute Gasteiger partial charge is 0.306 e. The number of hydrogen-bond donors (Lipinski definition) is 4. The van der Waals surface area contributed by atoms with Gasteiger partial charge in [0.15, 0.2) is 12.4 Å². The largest absolute Gasteiger partial charge is 0.462 e. The van der Waals surface area contributed by atoms with Gasteiger partial charge < -0.3 is 34.3 Å². The minimum atomic E-state index is -4.60. The van der Waals surface area contributed by atoms with Gasteiger partial charge in [-0.3, -0.25) is 14.1 Å². The zero-order valence-electron chi connectivity index (χ0n) is 35.0. The molecule has 0 bridgehead atoms. The van der Waals surface area contributed by atoms with Crippen molar-refractivity contribution in [3.8, 4) is 0 Å². The third-order valence-electron chi connectivity index (χ3n) is 10.3. The molecule has 56 heavy (non-hydrogen) atoms. The molecular weight excluding hydrogens is 741 g/mol. The van der Waals surface area contributed by atoms with E-state index in [0.717, 1.165) is 57.8 Å². The van der Waals surface area contributed by atoms with E-state index in [-0.39, 0.29) is 19.4 Å². The molecule has 0 aromatic carbocycles. The van der Waals surface area contributed by atoms with Gasteiger partial charge in [0.05, 0.1) is 6.61 Å². The number of rotatable bonds is 37. The third kappa shape index (κ3) is 28.7. The van der Waals surface area contributed by atoms with E-state index in [1.165, 1.54) is 96.3 Å². The van der Waals surface area contributed by atoms with Crippen LogP contribution in [0, 0.1) is 0 Å². The molecule has 12 nitrogen and oxygen atoms in total. The average Bonchev–Trinajstić information content (AvgIpc) is 3.16. The van der Waals surface area contributed by atoms with Crippen molar-refractivity contribution in [2.75, 3.05) is 19.0 Å². The van der Waals surface area contributed by atoms with Crippen molar-refractivity contribution in [2.45, 2.75) is 230 Å². The fourth-order valence-corrected chi connectivity index (χ4v) is 7.54. The Balaban J connectivity index is 2.46. The van der Waals surface area contributed by atoms with Gasteiger partial charge in [0.1, 0.15) is 36.8 Å². The van der Waals surface area contributed by atoms with E-state index < -0.39 is 71.2 Å². The Morgan fingerprint density at radius 2 is 1.02 bits per heavy atom. The van der Waals surface area contributed by atoms with E-state index in [2.05, 4.69) is 26.0 Å². The van der Waals surface area contributed by atoms with Crippen LogP contribution in [0.3, 0.4) is 0 Å². The molecule has 0 unspecified atom stereocenters. The molecule has 13 heteroatoms. The van der Waals surface area contributed by atoms with Crippen molar-refractivity contribution >= 4 is 22.1 Å². The lowest BCUT2D eigenvalue weighted by Crippen LogP contribution is -2.60. The molecule has 0 spiro atoms. The molecule has 1 aliphatic rings. The zero-order valence-corrected chi connectivity index (χ0v) is 35.8. The molecule has 0 amide bonds. The lowest BCUT2D eigenvalue weighted by atomic mass is 10.00. The lowest BCUT2D eigenvalue weighted by Gasteiger charge is -2.40. The number of hydrogen-bond acceptors (Lipinski definition) is 11. The Bertz CT molecular complexity index is 1100. The van der Waals surface area contributed by atoms with Crippen LogP contribution in [-0.2, 0) is 38.7 Å². The number of aliphatic hydroxyl groups excluding tert-OH is 3. The first-order chi connectivity index (χ1) is 27.0. The van der Waals surface area contributed by atoms with Crippen molar-refractivity contribution < 1.29 is 56.8 Å². The SMILES string of the molecule is CCCCCCCC/C=C/CCCCCCCC(=O)OC[C@@H](CO[C@H]1O[C@H](CS(=O)(=O)O)[C@@H](O)[C@H](O)[C@H]1O)OC(=O)CCCCCCCCCCCCCCC. The van der Waals surface area contributed by atoms with Gasteiger partial charge in [-0.1, -0.05) is 154 Å². The second-order valence-corrected chi connectivity index (χ2v) is 17.2. The van der Waals surface area contributed by atoms with Crippen LogP contribution in [0.2, 0.25) is 0 Å². The van der Waals surface area contributed by atoms with E-state index in [4.69, 9.17) is 18.9 Å². The Labute approximate surface area is 339 Å². The van der Waals surface area contributed by atoms with Gasteiger partial charge in [-0.2, -0.15) is 8.42 Å². The summed E-state index contributed by atoms with van der Waals surface area (Å²) in [5, 5.41) is 30.8. The second-order valence-electron chi connectivity index (χ2n) is 15.7. The van der Waals surface area contributed by atoms with Crippen LogP contribution in [-0.4, -0.2) is 96.0 Å². The first kappa shape index (κ1) is 52.4. The first-order valence-electron chi connectivity index (χ1n) is 22.2. The number of carbonyl (C=O) groups is 2. The van der Waals surface area contributed by atoms with Crippen molar-refractivity contribution in [2.24, 2.45) is 0 Å². The maximum Gasteiger partial charge on any atom is 0.306 e. The summed E-state index contributed by atoms with van der Waals surface area (Å²) in [5.41, 5.74) is 0. The third-order valence-corrected chi connectivity index (χ3v) is 11.1. The van der Waals surface area contributed by atoms with E-state index in [9.17, 15) is 37.9 Å². The molecule has 4 N–H and O–H groups in total. The van der Waals surface area contributed by atoms with E-state index in [1.807, 2.05) is 0 Å². The first-order valence-corrected chi connectivity index (χ1v) is 23.9. The van der Waals surface area contributed by atoms with Gasteiger partial charge in [0.2, 0.25) is 0 Å². The Morgan fingerprint density at radius 3 is 1.48 bits per heavy atom. The molecule has 0 aromatic rings. The predicted molar refractivity (Wildman–Crippen MR) is 220 cm³/mol. The van der Waals surface area contributed by atoms with E-state index in [0.29, 0.717) is 12.8 Å². The van der Waals surface area contributed by atoms with Gasteiger partial charge in [0, 0.05) is 12.8 Å². The number of allylic oxidation sites excluding steroid dienone is 2. The minimum Gasteiger partial charge on any atom is -0.462 e. The summed E-state index contributed by atoms with van der Waals surface area (Å²) in [7, 11) is -4.60. The molecule has 0 aromatic heterocycles. The van der Waals surface area contributed by atoms with Crippen molar-refractivity contribution in [3.05, 3.63) is 12.2 Å². The summed E-state index contributed by atoms with van der Waals surface area (Å²) >= 11 is 0. The lowest BCUT2D eigenvalue weighted by molar-refractivity contribution is -0.297. The normalized spacial score (nSPS) is 20.7. The van der Waals surface area contributed by atoms with E-state index >= 15 is 0 Å². The fraction of sp³-hybridized carbons (Fsp3) is 0.907. The van der Waals surface area contributed by atoms with Gasteiger partial charge in [-0.15, -0.1) is 0 Å². The molecule has 1 fully saturated rings. The highest BCUT2D eigenvalue weighted by atomic mass is 32.2. The van der Waals surface area contributed by atoms with Crippen LogP contribution >= 0.6 is 0 Å². The minimum absolute atomic E-state index is 0.168. The fourth-order valence-electron chi connectivity index (χ4n) is 6.85. The molecule has 1 heterocycles. The molecule has 0 radical (unpaired) electrons. The van der Waals surface area contributed by atoms with Gasteiger partial charge in [0.25, 0.3) is 10.1 Å². The van der Waals surface area contributed by atoms with Crippen molar-refractivity contribution in [1.29, 1.82) is 0 Å². The van der Waals surface area contributed by atoms with Crippen LogP contribution < -0.4 is 0 Å². The van der Waals surface area contributed by atoms with Crippen LogP contribution in [0.25, 0.3) is 0 Å². The van der Waals surface area contributed by atoms with Crippen molar-refractivity contribution in [1.82, 2.24) is 0 Å². The predicted octanol–water partition coefficient (Wildman–Crippen LogP) is 8.67. The summed E-state index contributed by atoms with van der Waals surface area (Å²) in [6.45, 7) is 3.75. The molecule has 330 valence electrons. The Hall–Kier alpha value is -1.61. The molecule has 1 aliphatic heterocycles. The number of aliphatic hydroxyl groups is 3. The van der Waals surface area contributed by atoms with Crippen LogP contribution in [0.5, 0.6) is 0 Å². The monoisotopic (exact) mass is 821 g/mol. The van der Waals surface area contributed by atoms with Gasteiger partial charge in [-0.05, 0) is 38.5 Å². The molecular formula is C43H80O12S. The van der Waals surface area contributed by atoms with Gasteiger partial charge >= 0.3 is 11.9 Å². The van der Waals surface area contributed by atoms with Gasteiger partial charge in [-0.25, -0.2) is 0 Å². The van der Waals surface area contributed by atoms with Crippen LogP contribution in [0.15, 0.2) is 12.2 Å². The standard InChI is InChI=1S/C43H80O12S/c1-3-5-7-9-11-13-15-17-18-20-21-23-25-27-29-31-38(44)52-33-36(34-53-43-42(48)41(47)40(46)37(55-43)35-56(49,50)51)54-39(45)32-30-28-26-24-22-19-16-14-12-10-8-6-4-2/h17-18,36-37,40-43,46-48H,3-16,19-35H2,1-2H3,(H,49,50,51)/b18-17+/t36-,37+,40+,41-,42+,43-/m0/s1. The second kappa shape index (κ2) is 34.3. The maximum absolute atomic E-state index is 12.8. The average molecular weight is 821 g/mol. The molecule has 1 saturated heterocycles. The number of esters is 2. The van der Waals surface area contributed by atoms with Crippen LogP contribution in [0.1, 0.15) is 194 Å². The molecule has 6 atom stereocenters. The Morgan fingerprint density at radius 1 is 0.589 bits per heavy atom. The Kier molecular flexibility index (Phi) is 32.1. The quantitative estimate of drug-likeness (QED) is 0.0203. The maximum atomic E-state index is 12.8. The highest BCUT2D eigenvalue weighted by Crippen LogP contribution is 2.24. The summed E-state index contributed by atoms with van der Waals surface area (Å²) in [4.78, 5) is 25.3.